The lowest BCUT2D eigenvalue weighted by atomic mass is 10.8. The van der Waals surface area contributed by atoms with E-state index in [-0.39, 0.29) is 0 Å². The van der Waals surface area contributed by atoms with Crippen molar-refractivity contribution in [3.05, 3.63) is 11.8 Å². The topological polar surface area (TPSA) is 87.1 Å². The summed E-state index contributed by atoms with van der Waals surface area (Å²) in [7, 11) is 0. The maximum absolute atomic E-state index is 5.07. The normalized spacial score (nSPS) is 10.8. The van der Waals surface area contributed by atoms with E-state index in [0.29, 0.717) is 22.2 Å². The lowest BCUT2D eigenvalue weighted by Gasteiger charge is -1.90. The van der Waals surface area contributed by atoms with Crippen LogP contribution in [0.1, 0.15) is 11.8 Å². The Kier molecular flexibility index (Phi) is 3.23. The van der Waals surface area contributed by atoms with Gasteiger partial charge in [-0.3, -0.25) is 0 Å². The lowest BCUT2D eigenvalue weighted by molar-refractivity contribution is 0.416. The second kappa shape index (κ2) is 4.64. The highest BCUT2D eigenvalue weighted by molar-refractivity contribution is 8.07. The summed E-state index contributed by atoms with van der Waals surface area (Å²) in [5.74, 6) is 0.972. The third kappa shape index (κ3) is 2.94. The van der Waals surface area contributed by atoms with Gasteiger partial charge in [0.2, 0.25) is 11.8 Å². The second-order valence-corrected chi connectivity index (χ2v) is 3.98. The zero-order valence-electron chi connectivity index (χ0n) is 7.83. The van der Waals surface area contributed by atoms with E-state index < -0.39 is 0 Å². The molecule has 0 spiro atoms. The molecule has 2 rings (SSSR count). The zero-order valence-corrected chi connectivity index (χ0v) is 9.46. The second-order valence-electron chi connectivity index (χ2n) is 2.41. The molecule has 2 aromatic heterocycles. The Morgan fingerprint density at radius 2 is 1.33 bits per heavy atom. The van der Waals surface area contributed by atoms with Gasteiger partial charge in [0, 0.05) is 13.8 Å². The van der Waals surface area contributed by atoms with Gasteiger partial charge in [0.25, 0.3) is 0 Å². The van der Waals surface area contributed by atoms with Crippen LogP contribution in [0.3, 0.4) is 0 Å². The molecule has 0 aliphatic rings. The van der Waals surface area contributed by atoms with Gasteiger partial charge in [0.1, 0.15) is 24.1 Å². The first-order valence-electron chi connectivity index (χ1n) is 3.85. The number of hydrogen-bond acceptors (Lipinski definition) is 9. The molecule has 0 saturated carbocycles. The summed E-state index contributed by atoms with van der Waals surface area (Å²) in [6.45, 7) is 3.40. The maximum Gasteiger partial charge on any atom is 0.305 e. The molecule has 80 valence electrons. The van der Waals surface area contributed by atoms with Crippen molar-refractivity contribution >= 4 is 24.1 Å². The van der Waals surface area contributed by atoms with Gasteiger partial charge in [-0.25, -0.2) is 3.63 Å². The number of hydrogen-bond donors (Lipinski definition) is 0. The average molecular weight is 246 g/mol. The SMILES string of the molecule is Cc1nnc(SOSc2nnc(C)o2)o1. The van der Waals surface area contributed by atoms with Crippen molar-refractivity contribution in [1.82, 2.24) is 20.4 Å². The van der Waals surface area contributed by atoms with Crippen molar-refractivity contribution in [3.8, 4) is 0 Å². The van der Waals surface area contributed by atoms with E-state index >= 15 is 0 Å². The van der Waals surface area contributed by atoms with Crippen LogP contribution >= 0.6 is 24.1 Å². The first kappa shape index (κ1) is 10.5. The standard InChI is InChI=1S/C6H6N4O3S2/c1-3-7-9-5(11-3)14-13-15-6-10-8-4(2)12-6/h1-2H3. The van der Waals surface area contributed by atoms with Crippen LogP contribution in [0.25, 0.3) is 0 Å². The van der Waals surface area contributed by atoms with Crippen LogP contribution in [-0.4, -0.2) is 20.4 Å². The number of aryl methyl sites for hydroxylation is 2. The molecule has 15 heavy (non-hydrogen) atoms. The van der Waals surface area contributed by atoms with E-state index in [1.165, 1.54) is 0 Å². The summed E-state index contributed by atoms with van der Waals surface area (Å²) < 4.78 is 15.2. The highest BCUT2D eigenvalue weighted by Gasteiger charge is 2.08. The van der Waals surface area contributed by atoms with Gasteiger partial charge in [0.15, 0.2) is 0 Å². The Morgan fingerprint density at radius 1 is 0.867 bits per heavy atom. The molecular formula is C6H6N4O3S2. The van der Waals surface area contributed by atoms with Crippen molar-refractivity contribution in [3.63, 3.8) is 0 Å². The van der Waals surface area contributed by atoms with E-state index in [1.54, 1.807) is 13.8 Å². The van der Waals surface area contributed by atoms with Crippen LogP contribution in [0, 0.1) is 13.8 Å². The molecular weight excluding hydrogens is 240 g/mol. The summed E-state index contributed by atoms with van der Waals surface area (Å²) >= 11 is 1.88. The highest BCUT2D eigenvalue weighted by atomic mass is 32.2. The average Bonchev–Trinajstić information content (AvgIpc) is 2.76. The van der Waals surface area contributed by atoms with E-state index in [4.69, 9.17) is 12.5 Å². The largest absolute Gasteiger partial charge is 0.415 e. The summed E-state index contributed by atoms with van der Waals surface area (Å²) in [4.78, 5) is 0. The molecule has 0 bridgehead atoms. The smallest absolute Gasteiger partial charge is 0.305 e. The van der Waals surface area contributed by atoms with Crippen LogP contribution in [0.4, 0.5) is 0 Å². The first-order valence-corrected chi connectivity index (χ1v) is 5.34. The fourth-order valence-corrected chi connectivity index (χ4v) is 1.76. The molecule has 0 aliphatic carbocycles. The molecule has 0 unspecified atom stereocenters. The Morgan fingerprint density at radius 3 is 1.67 bits per heavy atom. The molecule has 0 atom stereocenters. The van der Waals surface area contributed by atoms with Gasteiger partial charge in [0.05, 0.1) is 0 Å². The summed E-state index contributed by atoms with van der Waals surface area (Å²) in [6.07, 6.45) is 0. The lowest BCUT2D eigenvalue weighted by Crippen LogP contribution is -1.73. The molecule has 2 aromatic rings. The molecule has 0 saturated heterocycles. The highest BCUT2D eigenvalue weighted by Crippen LogP contribution is 2.27. The molecule has 0 aliphatic heterocycles. The molecule has 2 heterocycles. The van der Waals surface area contributed by atoms with Crippen LogP contribution in [0.2, 0.25) is 0 Å². The minimum absolute atomic E-state index is 0.330. The van der Waals surface area contributed by atoms with Crippen LogP contribution in [0.5, 0.6) is 0 Å². The maximum atomic E-state index is 5.07. The van der Waals surface area contributed by atoms with Crippen molar-refractivity contribution in [2.24, 2.45) is 0 Å². The predicted octanol–water partition coefficient (Wildman–Crippen LogP) is 1.80. The van der Waals surface area contributed by atoms with E-state index in [0.717, 1.165) is 24.1 Å². The molecule has 9 heteroatoms. The van der Waals surface area contributed by atoms with E-state index in [1.807, 2.05) is 0 Å². The monoisotopic (exact) mass is 246 g/mol. The Hall–Kier alpha value is -1.06. The number of rotatable bonds is 4. The third-order valence-corrected chi connectivity index (χ3v) is 2.39. The zero-order chi connectivity index (χ0) is 10.7. The third-order valence-electron chi connectivity index (χ3n) is 1.23. The van der Waals surface area contributed by atoms with Crippen molar-refractivity contribution in [2.45, 2.75) is 24.3 Å². The Labute approximate surface area is 93.4 Å². The number of aromatic nitrogens is 4. The van der Waals surface area contributed by atoms with E-state index in [9.17, 15) is 0 Å². The summed E-state index contributed by atoms with van der Waals surface area (Å²) in [6, 6.07) is 0. The summed E-state index contributed by atoms with van der Waals surface area (Å²) in [5.41, 5.74) is 0. The van der Waals surface area contributed by atoms with Gasteiger partial charge < -0.3 is 8.83 Å². The van der Waals surface area contributed by atoms with Gasteiger partial charge in [-0.05, 0) is 0 Å². The van der Waals surface area contributed by atoms with Gasteiger partial charge >= 0.3 is 10.4 Å². The molecule has 0 aromatic carbocycles. The van der Waals surface area contributed by atoms with Crippen LogP contribution < -0.4 is 0 Å². The van der Waals surface area contributed by atoms with E-state index in [2.05, 4.69) is 20.4 Å². The fraction of sp³-hybridized carbons (Fsp3) is 0.333. The summed E-state index contributed by atoms with van der Waals surface area (Å²) in [5, 5.41) is 15.4. The molecule has 0 amide bonds. The molecule has 0 N–H and O–H groups in total. The van der Waals surface area contributed by atoms with Crippen molar-refractivity contribution in [2.75, 3.05) is 0 Å². The fourth-order valence-electron chi connectivity index (χ4n) is 0.699. The molecule has 0 radical (unpaired) electrons. The van der Waals surface area contributed by atoms with Gasteiger partial charge in [-0.2, -0.15) is 0 Å². The minimum atomic E-state index is 0.330. The van der Waals surface area contributed by atoms with Crippen LogP contribution in [0.15, 0.2) is 19.3 Å². The first-order chi connectivity index (χ1) is 7.24. The predicted molar refractivity (Wildman–Crippen MR) is 50.9 cm³/mol. The Bertz CT molecular complexity index is 403. The molecule has 7 nitrogen and oxygen atoms in total. The Balaban J connectivity index is 1.80. The quantitative estimate of drug-likeness (QED) is 0.749. The van der Waals surface area contributed by atoms with Crippen molar-refractivity contribution < 1.29 is 12.5 Å². The molecule has 0 fully saturated rings. The minimum Gasteiger partial charge on any atom is -0.415 e. The van der Waals surface area contributed by atoms with Gasteiger partial charge in [-0.1, -0.05) is 10.2 Å². The van der Waals surface area contributed by atoms with Crippen LogP contribution in [-0.2, 0) is 3.63 Å². The van der Waals surface area contributed by atoms with Crippen molar-refractivity contribution in [1.29, 1.82) is 0 Å². The number of nitrogens with zero attached hydrogens (tertiary/aromatic N) is 4. The van der Waals surface area contributed by atoms with Gasteiger partial charge in [-0.15, -0.1) is 10.2 Å².